The van der Waals surface area contributed by atoms with Gasteiger partial charge in [0, 0.05) is 24.4 Å². The van der Waals surface area contributed by atoms with Crippen molar-refractivity contribution in [2.45, 2.75) is 19.2 Å². The van der Waals surface area contributed by atoms with Gasteiger partial charge in [0.05, 0.1) is 5.56 Å². The molecule has 1 N–H and O–H groups in total. The third-order valence-electron chi connectivity index (χ3n) is 4.74. The van der Waals surface area contributed by atoms with E-state index in [9.17, 15) is 18.0 Å². The number of alkyl halides is 3. The van der Waals surface area contributed by atoms with Crippen LogP contribution in [0.4, 0.5) is 19.1 Å². The summed E-state index contributed by atoms with van der Waals surface area (Å²) in [6.07, 6.45) is -0.972. The molecule has 0 unspecified atom stereocenters. The number of anilines is 1. The summed E-state index contributed by atoms with van der Waals surface area (Å²) < 4.78 is 47.4. The molecule has 2 aromatic heterocycles. The number of pyridine rings is 1. The molecule has 0 aliphatic rings. The van der Waals surface area contributed by atoms with Crippen LogP contribution < -0.4 is 10.1 Å². The minimum Gasteiger partial charge on any atom is -0.406 e. The van der Waals surface area contributed by atoms with E-state index < -0.39 is 12.1 Å². The van der Waals surface area contributed by atoms with Gasteiger partial charge in [-0.25, -0.2) is 0 Å². The van der Waals surface area contributed by atoms with E-state index in [0.29, 0.717) is 23.1 Å². The molecule has 0 aliphatic heterocycles. The maximum atomic E-state index is 12.7. The second-order valence-electron chi connectivity index (χ2n) is 7.08. The van der Waals surface area contributed by atoms with Gasteiger partial charge in [-0.1, -0.05) is 47.6 Å². The van der Waals surface area contributed by atoms with Crippen LogP contribution in [0, 0.1) is 0 Å². The van der Waals surface area contributed by atoms with Crippen molar-refractivity contribution in [3.8, 4) is 28.1 Å². The maximum absolute atomic E-state index is 12.7. The molecule has 0 aliphatic carbocycles. The van der Waals surface area contributed by atoms with E-state index in [4.69, 9.17) is 4.52 Å². The molecule has 1 amide bonds. The summed E-state index contributed by atoms with van der Waals surface area (Å²) >= 11 is 0. The number of benzene rings is 2. The molecule has 0 spiro atoms. The fourth-order valence-corrected chi connectivity index (χ4v) is 3.29. The number of nitrogens with zero attached hydrogens (tertiary/aromatic N) is 2. The zero-order valence-corrected chi connectivity index (χ0v) is 17.2. The molecule has 6 nitrogen and oxygen atoms in total. The minimum atomic E-state index is -4.83. The Labute approximate surface area is 187 Å². The quantitative estimate of drug-likeness (QED) is 0.379. The summed E-state index contributed by atoms with van der Waals surface area (Å²) in [5, 5.41) is 6.75. The SMILES string of the molecule is O=C(CCc1ccccc1)Nc1onc(-c2cccc(OC(F)(F)F)c2)c1-c1ccncc1. The van der Waals surface area contributed by atoms with Crippen LogP contribution in [0.3, 0.4) is 0 Å². The van der Waals surface area contributed by atoms with Crippen molar-refractivity contribution in [3.63, 3.8) is 0 Å². The predicted octanol–water partition coefficient (Wildman–Crippen LogP) is 5.87. The van der Waals surface area contributed by atoms with Crippen molar-refractivity contribution in [2.75, 3.05) is 5.32 Å². The highest BCUT2D eigenvalue weighted by atomic mass is 19.4. The molecule has 9 heteroatoms. The molecule has 0 saturated carbocycles. The number of aromatic nitrogens is 2. The molecular formula is C24H18F3N3O3. The summed E-state index contributed by atoms with van der Waals surface area (Å²) in [6, 6.07) is 18.3. The monoisotopic (exact) mass is 453 g/mol. The number of amides is 1. The fraction of sp³-hybridized carbons (Fsp3) is 0.125. The Bertz CT molecular complexity index is 1230. The lowest BCUT2D eigenvalue weighted by molar-refractivity contribution is -0.274. The second-order valence-corrected chi connectivity index (χ2v) is 7.08. The normalized spacial score (nSPS) is 11.2. The topological polar surface area (TPSA) is 77.2 Å². The largest absolute Gasteiger partial charge is 0.573 e. The van der Waals surface area contributed by atoms with Crippen LogP contribution in [0.15, 0.2) is 83.6 Å². The van der Waals surface area contributed by atoms with Crippen molar-refractivity contribution >= 4 is 11.8 Å². The molecule has 0 saturated heterocycles. The number of aryl methyl sites for hydroxylation is 1. The number of hydrogen-bond donors (Lipinski definition) is 1. The van der Waals surface area contributed by atoms with Crippen molar-refractivity contribution in [3.05, 3.63) is 84.7 Å². The van der Waals surface area contributed by atoms with E-state index in [1.54, 1.807) is 30.6 Å². The summed E-state index contributed by atoms with van der Waals surface area (Å²) in [5.74, 6) is -0.584. The summed E-state index contributed by atoms with van der Waals surface area (Å²) in [5.41, 5.74) is 2.65. The van der Waals surface area contributed by atoms with Gasteiger partial charge in [0.2, 0.25) is 11.8 Å². The Morgan fingerprint density at radius 1 is 0.970 bits per heavy atom. The van der Waals surface area contributed by atoms with Crippen molar-refractivity contribution in [1.82, 2.24) is 10.1 Å². The zero-order chi connectivity index (χ0) is 23.3. The van der Waals surface area contributed by atoms with Crippen molar-refractivity contribution < 1.29 is 27.2 Å². The molecule has 4 aromatic rings. The molecule has 2 aromatic carbocycles. The van der Waals surface area contributed by atoms with Crippen LogP contribution in [-0.4, -0.2) is 22.4 Å². The highest BCUT2D eigenvalue weighted by Gasteiger charge is 2.31. The van der Waals surface area contributed by atoms with E-state index in [-0.39, 0.29) is 23.9 Å². The lowest BCUT2D eigenvalue weighted by Crippen LogP contribution is -2.17. The van der Waals surface area contributed by atoms with Gasteiger partial charge < -0.3 is 9.26 Å². The first-order chi connectivity index (χ1) is 15.9. The molecule has 0 atom stereocenters. The van der Waals surface area contributed by atoms with E-state index in [1.165, 1.54) is 18.2 Å². The Hall–Kier alpha value is -4.14. The van der Waals surface area contributed by atoms with Crippen LogP contribution in [0.25, 0.3) is 22.4 Å². The second kappa shape index (κ2) is 9.56. The fourth-order valence-electron chi connectivity index (χ4n) is 3.29. The van der Waals surface area contributed by atoms with Crippen molar-refractivity contribution in [1.29, 1.82) is 0 Å². The first kappa shape index (κ1) is 22.1. The standard InChI is InChI=1S/C24H18F3N3O3/c25-24(26,27)32-19-8-4-7-18(15-19)22-21(17-11-13-28-14-12-17)23(33-30-22)29-20(31)10-9-16-5-2-1-3-6-16/h1-8,11-15H,9-10H2,(H,29,31). The van der Waals surface area contributed by atoms with E-state index >= 15 is 0 Å². The highest BCUT2D eigenvalue weighted by Crippen LogP contribution is 2.39. The van der Waals surface area contributed by atoms with Gasteiger partial charge in [-0.15, -0.1) is 13.2 Å². The molecule has 0 radical (unpaired) electrons. The summed E-state index contributed by atoms with van der Waals surface area (Å²) in [7, 11) is 0. The lowest BCUT2D eigenvalue weighted by atomic mass is 10.0. The number of nitrogens with one attached hydrogen (secondary N) is 1. The van der Waals surface area contributed by atoms with E-state index in [1.807, 2.05) is 30.3 Å². The Morgan fingerprint density at radius 2 is 1.73 bits per heavy atom. The van der Waals surface area contributed by atoms with Crippen LogP contribution >= 0.6 is 0 Å². The van der Waals surface area contributed by atoms with Gasteiger partial charge >= 0.3 is 6.36 Å². The third kappa shape index (κ3) is 5.76. The maximum Gasteiger partial charge on any atom is 0.573 e. The first-order valence-corrected chi connectivity index (χ1v) is 9.99. The average molecular weight is 453 g/mol. The van der Waals surface area contributed by atoms with E-state index in [0.717, 1.165) is 5.56 Å². The molecule has 33 heavy (non-hydrogen) atoms. The smallest absolute Gasteiger partial charge is 0.406 e. The van der Waals surface area contributed by atoms with Gasteiger partial charge in [-0.05, 0) is 41.8 Å². The number of ether oxygens (including phenoxy) is 1. The predicted molar refractivity (Wildman–Crippen MR) is 115 cm³/mol. The minimum absolute atomic E-state index is 0.0939. The molecule has 0 bridgehead atoms. The highest BCUT2D eigenvalue weighted by molar-refractivity contribution is 5.97. The van der Waals surface area contributed by atoms with Crippen LogP contribution in [0.1, 0.15) is 12.0 Å². The van der Waals surface area contributed by atoms with Crippen LogP contribution in [-0.2, 0) is 11.2 Å². The molecule has 0 fully saturated rings. The summed E-state index contributed by atoms with van der Waals surface area (Å²) in [4.78, 5) is 16.6. The molecular weight excluding hydrogens is 435 g/mol. The lowest BCUT2D eigenvalue weighted by Gasteiger charge is -2.10. The zero-order valence-electron chi connectivity index (χ0n) is 17.2. The number of carbonyl (C=O) groups is 1. The first-order valence-electron chi connectivity index (χ1n) is 9.99. The van der Waals surface area contributed by atoms with Gasteiger partial charge in [0.25, 0.3) is 0 Å². The number of rotatable bonds is 7. The number of hydrogen-bond acceptors (Lipinski definition) is 5. The van der Waals surface area contributed by atoms with Crippen LogP contribution in [0.2, 0.25) is 0 Å². The Kier molecular flexibility index (Phi) is 6.39. The van der Waals surface area contributed by atoms with E-state index in [2.05, 4.69) is 20.2 Å². The Balaban J connectivity index is 1.63. The Morgan fingerprint density at radius 3 is 2.45 bits per heavy atom. The van der Waals surface area contributed by atoms with Gasteiger partial charge in [0.15, 0.2) is 0 Å². The van der Waals surface area contributed by atoms with Gasteiger partial charge in [-0.2, -0.15) is 0 Å². The van der Waals surface area contributed by atoms with Gasteiger partial charge in [0.1, 0.15) is 11.4 Å². The van der Waals surface area contributed by atoms with Crippen molar-refractivity contribution in [2.24, 2.45) is 0 Å². The van der Waals surface area contributed by atoms with Crippen LogP contribution in [0.5, 0.6) is 5.75 Å². The summed E-state index contributed by atoms with van der Waals surface area (Å²) in [6.45, 7) is 0. The molecule has 168 valence electrons. The molecule has 2 heterocycles. The third-order valence-corrected chi connectivity index (χ3v) is 4.74. The number of halogens is 3. The average Bonchev–Trinajstić information content (AvgIpc) is 3.21. The number of carbonyl (C=O) groups excluding carboxylic acids is 1. The van der Waals surface area contributed by atoms with Gasteiger partial charge in [-0.3, -0.25) is 15.1 Å². The molecule has 4 rings (SSSR count).